The highest BCUT2D eigenvalue weighted by Gasteiger charge is 2.23. The van der Waals surface area contributed by atoms with Gasteiger partial charge in [0.25, 0.3) is 5.91 Å². The van der Waals surface area contributed by atoms with Crippen molar-refractivity contribution in [1.82, 2.24) is 10.6 Å². The maximum absolute atomic E-state index is 12.3. The Labute approximate surface area is 157 Å². The first kappa shape index (κ1) is 21.6. The van der Waals surface area contributed by atoms with Gasteiger partial charge in [-0.1, -0.05) is 25.4 Å². The average molecular weight is 387 g/mol. The van der Waals surface area contributed by atoms with Gasteiger partial charge in [0.2, 0.25) is 0 Å². The quantitative estimate of drug-likeness (QED) is 0.697. The van der Waals surface area contributed by atoms with E-state index in [0.29, 0.717) is 12.4 Å². The average Bonchev–Trinajstić information content (AvgIpc) is 2.59. The summed E-state index contributed by atoms with van der Waals surface area (Å²) in [6.07, 6.45) is -1.18. The van der Waals surface area contributed by atoms with Crippen LogP contribution in [-0.2, 0) is 9.53 Å². The fourth-order valence-electron chi connectivity index (χ4n) is 1.79. The highest BCUT2D eigenvalue weighted by molar-refractivity contribution is 6.32. The van der Waals surface area contributed by atoms with Gasteiger partial charge < -0.3 is 19.5 Å². The summed E-state index contributed by atoms with van der Waals surface area (Å²) in [6.45, 7) is 5.74. The predicted molar refractivity (Wildman–Crippen MR) is 95.8 cm³/mol. The van der Waals surface area contributed by atoms with Crippen molar-refractivity contribution in [2.24, 2.45) is 5.92 Å². The highest BCUT2D eigenvalue weighted by atomic mass is 35.5. The molecule has 0 radical (unpaired) electrons. The van der Waals surface area contributed by atoms with E-state index in [1.54, 1.807) is 0 Å². The topological polar surface area (TPSA) is 103 Å². The summed E-state index contributed by atoms with van der Waals surface area (Å²) >= 11 is 6.18. The number of imide groups is 1. The van der Waals surface area contributed by atoms with Crippen LogP contribution in [0.4, 0.5) is 4.79 Å². The lowest BCUT2D eigenvalue weighted by Crippen LogP contribution is -2.43. The van der Waals surface area contributed by atoms with Crippen LogP contribution in [0.5, 0.6) is 11.5 Å². The van der Waals surface area contributed by atoms with E-state index in [1.807, 2.05) is 19.2 Å². The zero-order valence-electron chi connectivity index (χ0n) is 15.3. The molecule has 26 heavy (non-hydrogen) atoms. The minimum atomic E-state index is -1.18. The number of methoxy groups -OCH3 is 1. The molecule has 0 heterocycles. The van der Waals surface area contributed by atoms with E-state index in [0.717, 1.165) is 0 Å². The minimum absolute atomic E-state index is 0.0864. The number of nitrogens with one attached hydrogen (secondary N) is 2. The van der Waals surface area contributed by atoms with Gasteiger partial charge in [-0.2, -0.15) is 0 Å². The van der Waals surface area contributed by atoms with Crippen molar-refractivity contribution in [3.05, 3.63) is 22.7 Å². The Bertz CT molecular complexity index is 677. The molecule has 0 aromatic heterocycles. The molecule has 1 aromatic rings. The molecule has 0 spiro atoms. The van der Waals surface area contributed by atoms with Crippen LogP contribution in [0.2, 0.25) is 5.02 Å². The van der Waals surface area contributed by atoms with Crippen molar-refractivity contribution in [2.45, 2.75) is 26.9 Å². The number of carbonyl (C=O) groups is 3. The Kier molecular flexibility index (Phi) is 8.18. The molecule has 0 aliphatic carbocycles. The Balaban J connectivity index is 2.91. The van der Waals surface area contributed by atoms with E-state index in [4.69, 9.17) is 25.8 Å². The Hall–Kier alpha value is -2.48. The van der Waals surface area contributed by atoms with E-state index >= 15 is 0 Å². The summed E-state index contributed by atoms with van der Waals surface area (Å²) in [4.78, 5) is 35.1. The zero-order chi connectivity index (χ0) is 19.9. The number of ether oxygens (including phenoxy) is 3. The molecule has 0 fully saturated rings. The number of benzene rings is 1. The lowest BCUT2D eigenvalue weighted by Gasteiger charge is -2.16. The molecule has 0 unspecified atom stereocenters. The molecule has 2 N–H and O–H groups in total. The fourth-order valence-corrected chi connectivity index (χ4v) is 2.05. The molecule has 0 aliphatic rings. The summed E-state index contributed by atoms with van der Waals surface area (Å²) in [6, 6.07) is 2.08. The first-order valence-corrected chi connectivity index (χ1v) is 8.31. The van der Waals surface area contributed by atoms with Crippen LogP contribution in [-0.4, -0.2) is 44.8 Å². The van der Waals surface area contributed by atoms with Gasteiger partial charge in [0, 0.05) is 7.05 Å². The largest absolute Gasteiger partial charge is 0.493 e. The molecule has 0 saturated carbocycles. The van der Waals surface area contributed by atoms with Crippen LogP contribution in [0.15, 0.2) is 12.1 Å². The molecular weight excluding hydrogens is 364 g/mol. The third kappa shape index (κ3) is 6.11. The Morgan fingerprint density at radius 1 is 1.19 bits per heavy atom. The van der Waals surface area contributed by atoms with Crippen molar-refractivity contribution < 1.29 is 28.6 Å². The zero-order valence-corrected chi connectivity index (χ0v) is 16.1. The number of rotatable bonds is 7. The second-order valence-corrected chi connectivity index (χ2v) is 6.22. The SMILES string of the molecule is CNC(=O)NC(=O)[C@@H](C)OC(=O)c1cc(Cl)c(OCC(C)C)c(OC)c1. The van der Waals surface area contributed by atoms with Gasteiger partial charge in [-0.25, -0.2) is 9.59 Å². The number of urea groups is 1. The number of amides is 3. The molecule has 9 heteroatoms. The second-order valence-electron chi connectivity index (χ2n) is 5.81. The van der Waals surface area contributed by atoms with Gasteiger partial charge in [-0.05, 0) is 25.0 Å². The van der Waals surface area contributed by atoms with Crippen molar-refractivity contribution in [1.29, 1.82) is 0 Å². The summed E-state index contributed by atoms with van der Waals surface area (Å²) in [5, 5.41) is 4.42. The molecule has 1 rings (SSSR count). The maximum Gasteiger partial charge on any atom is 0.339 e. The van der Waals surface area contributed by atoms with Gasteiger partial charge in [0.05, 0.1) is 24.3 Å². The normalized spacial score (nSPS) is 11.5. The number of esters is 1. The Morgan fingerprint density at radius 2 is 1.85 bits per heavy atom. The lowest BCUT2D eigenvalue weighted by molar-refractivity contribution is -0.127. The van der Waals surface area contributed by atoms with Crippen molar-refractivity contribution >= 4 is 29.5 Å². The highest BCUT2D eigenvalue weighted by Crippen LogP contribution is 2.37. The summed E-state index contributed by atoms with van der Waals surface area (Å²) in [5.41, 5.74) is 0.0864. The number of hydrogen-bond donors (Lipinski definition) is 2. The predicted octanol–water partition coefficient (Wildman–Crippen LogP) is 2.38. The molecule has 1 aromatic carbocycles. The van der Waals surface area contributed by atoms with Crippen molar-refractivity contribution in [3.63, 3.8) is 0 Å². The van der Waals surface area contributed by atoms with Gasteiger partial charge in [-0.3, -0.25) is 10.1 Å². The third-order valence-electron chi connectivity index (χ3n) is 3.14. The van der Waals surface area contributed by atoms with E-state index in [-0.39, 0.29) is 22.3 Å². The molecule has 1 atom stereocenters. The smallest absolute Gasteiger partial charge is 0.339 e. The molecule has 0 saturated heterocycles. The molecule has 0 bridgehead atoms. The van der Waals surface area contributed by atoms with Crippen LogP contribution in [0.25, 0.3) is 0 Å². The van der Waals surface area contributed by atoms with Gasteiger partial charge in [0.1, 0.15) is 0 Å². The van der Waals surface area contributed by atoms with Crippen LogP contribution < -0.4 is 20.1 Å². The molecule has 3 amide bonds. The standard InChI is InChI=1S/C17H23ClN2O6/c1-9(2)8-25-14-12(18)6-11(7-13(14)24-5)16(22)26-10(3)15(21)20-17(23)19-4/h6-7,9-10H,8H2,1-5H3,(H2,19,20,21,23)/t10-/m1/s1. The molecule has 144 valence electrons. The van der Waals surface area contributed by atoms with E-state index in [1.165, 1.54) is 33.2 Å². The monoisotopic (exact) mass is 386 g/mol. The first-order valence-electron chi connectivity index (χ1n) is 7.93. The molecular formula is C17H23ClN2O6. The molecule has 0 aliphatic heterocycles. The number of hydrogen-bond acceptors (Lipinski definition) is 6. The number of carbonyl (C=O) groups excluding carboxylic acids is 3. The summed E-state index contributed by atoms with van der Waals surface area (Å²) < 4.78 is 15.9. The van der Waals surface area contributed by atoms with Crippen LogP contribution in [0, 0.1) is 5.92 Å². The van der Waals surface area contributed by atoms with E-state index in [2.05, 4.69) is 5.32 Å². The summed E-state index contributed by atoms with van der Waals surface area (Å²) in [7, 11) is 2.78. The van der Waals surface area contributed by atoms with Gasteiger partial charge in [0.15, 0.2) is 17.6 Å². The number of halogens is 1. The fraction of sp³-hybridized carbons (Fsp3) is 0.471. The first-order chi connectivity index (χ1) is 12.2. The summed E-state index contributed by atoms with van der Waals surface area (Å²) in [5.74, 6) is -0.676. The lowest BCUT2D eigenvalue weighted by atomic mass is 10.2. The van der Waals surface area contributed by atoms with Crippen molar-refractivity contribution in [3.8, 4) is 11.5 Å². The van der Waals surface area contributed by atoms with E-state index in [9.17, 15) is 14.4 Å². The van der Waals surface area contributed by atoms with E-state index < -0.39 is 24.0 Å². The third-order valence-corrected chi connectivity index (χ3v) is 3.42. The van der Waals surface area contributed by atoms with Gasteiger partial charge >= 0.3 is 12.0 Å². The van der Waals surface area contributed by atoms with Crippen LogP contribution >= 0.6 is 11.6 Å². The molecule has 8 nitrogen and oxygen atoms in total. The van der Waals surface area contributed by atoms with Crippen LogP contribution in [0.3, 0.4) is 0 Å². The Morgan fingerprint density at radius 3 is 2.38 bits per heavy atom. The van der Waals surface area contributed by atoms with Crippen molar-refractivity contribution in [2.75, 3.05) is 20.8 Å². The minimum Gasteiger partial charge on any atom is -0.493 e. The maximum atomic E-state index is 12.3. The van der Waals surface area contributed by atoms with Gasteiger partial charge in [-0.15, -0.1) is 0 Å². The second kappa shape index (κ2) is 9.86. The van der Waals surface area contributed by atoms with Crippen LogP contribution in [0.1, 0.15) is 31.1 Å².